The molecule has 0 aliphatic heterocycles. The number of nitrogen functional groups attached to an aromatic ring is 1. The van der Waals surface area contributed by atoms with E-state index in [4.69, 9.17) is 5.84 Å². The third-order valence-corrected chi connectivity index (χ3v) is 3.00. The topological polar surface area (TPSA) is 50.9 Å². The van der Waals surface area contributed by atoms with E-state index in [-0.39, 0.29) is 5.52 Å². The van der Waals surface area contributed by atoms with E-state index in [2.05, 4.69) is 10.4 Å². The van der Waals surface area contributed by atoms with Crippen LogP contribution in [-0.4, -0.2) is 4.98 Å². The average Bonchev–Trinajstić information content (AvgIpc) is 3.11. The summed E-state index contributed by atoms with van der Waals surface area (Å²) >= 11 is 0. The molecule has 17 heavy (non-hydrogen) atoms. The van der Waals surface area contributed by atoms with Crippen LogP contribution in [0, 0.1) is 11.6 Å². The second-order valence-electron chi connectivity index (χ2n) is 4.30. The minimum atomic E-state index is -0.654. The Kier molecular flexibility index (Phi) is 2.22. The van der Waals surface area contributed by atoms with Crippen molar-refractivity contribution in [3.8, 4) is 0 Å². The largest absolute Gasteiger partial charge is 0.323 e. The molecule has 1 saturated carbocycles. The highest BCUT2D eigenvalue weighted by atomic mass is 19.1. The molecule has 1 aliphatic rings. The summed E-state index contributed by atoms with van der Waals surface area (Å²) in [6.45, 7) is 0. The molecule has 0 amide bonds. The van der Waals surface area contributed by atoms with Crippen molar-refractivity contribution in [2.45, 2.75) is 18.8 Å². The third-order valence-electron chi connectivity index (χ3n) is 3.00. The zero-order valence-corrected chi connectivity index (χ0v) is 9.00. The van der Waals surface area contributed by atoms with Crippen LogP contribution in [-0.2, 0) is 0 Å². The number of hydrogen-bond donors (Lipinski definition) is 2. The summed E-state index contributed by atoms with van der Waals surface area (Å²) < 4.78 is 26.8. The fourth-order valence-electron chi connectivity index (χ4n) is 1.98. The number of aromatic nitrogens is 1. The van der Waals surface area contributed by atoms with Gasteiger partial charge in [-0.25, -0.2) is 13.8 Å². The number of nitrogens with one attached hydrogen (secondary N) is 1. The van der Waals surface area contributed by atoms with Gasteiger partial charge >= 0.3 is 0 Å². The lowest BCUT2D eigenvalue weighted by Crippen LogP contribution is -2.09. The molecule has 0 atom stereocenters. The summed E-state index contributed by atoms with van der Waals surface area (Å²) in [5.74, 6) is 4.48. The summed E-state index contributed by atoms with van der Waals surface area (Å²) in [6.07, 6.45) is 2.12. The van der Waals surface area contributed by atoms with Gasteiger partial charge in [0.15, 0.2) is 5.82 Å². The van der Waals surface area contributed by atoms with Crippen molar-refractivity contribution >= 4 is 16.6 Å². The van der Waals surface area contributed by atoms with Gasteiger partial charge in [0.2, 0.25) is 0 Å². The number of fused-ring (bicyclic) bond motifs is 1. The van der Waals surface area contributed by atoms with Gasteiger partial charge in [0.25, 0.3) is 0 Å². The maximum atomic E-state index is 13.7. The van der Waals surface area contributed by atoms with Gasteiger partial charge in [0, 0.05) is 23.1 Å². The Hall–Kier alpha value is -1.75. The molecule has 1 fully saturated rings. The highest BCUT2D eigenvalue weighted by molar-refractivity contribution is 5.91. The summed E-state index contributed by atoms with van der Waals surface area (Å²) in [6, 6.07) is 3.84. The van der Waals surface area contributed by atoms with Crippen molar-refractivity contribution in [2.75, 3.05) is 5.43 Å². The predicted molar refractivity (Wildman–Crippen MR) is 61.4 cm³/mol. The van der Waals surface area contributed by atoms with E-state index >= 15 is 0 Å². The molecule has 2 aromatic rings. The average molecular weight is 235 g/mol. The normalized spacial score (nSPS) is 15.2. The molecule has 0 saturated heterocycles. The van der Waals surface area contributed by atoms with E-state index in [1.165, 1.54) is 6.07 Å². The number of rotatable bonds is 2. The van der Waals surface area contributed by atoms with Crippen LogP contribution in [0.1, 0.15) is 24.5 Å². The van der Waals surface area contributed by atoms with E-state index in [0.29, 0.717) is 17.0 Å². The first kappa shape index (κ1) is 10.4. The van der Waals surface area contributed by atoms with E-state index < -0.39 is 11.6 Å². The fraction of sp³-hybridized carbons (Fsp3) is 0.250. The first-order valence-corrected chi connectivity index (χ1v) is 5.45. The molecule has 3 rings (SSSR count). The number of pyridine rings is 1. The lowest BCUT2D eigenvalue weighted by atomic mass is 10.1. The molecule has 3 N–H and O–H groups in total. The Bertz CT molecular complexity index is 594. The number of benzene rings is 1. The molecular formula is C12H11F2N3. The predicted octanol–water partition coefficient (Wildman–Crippen LogP) is 2.68. The van der Waals surface area contributed by atoms with Gasteiger partial charge in [-0.15, -0.1) is 0 Å². The molecule has 1 aliphatic carbocycles. The van der Waals surface area contributed by atoms with Gasteiger partial charge in [-0.2, -0.15) is 0 Å². The van der Waals surface area contributed by atoms with E-state index in [0.717, 1.165) is 24.6 Å². The number of hydrazine groups is 1. The van der Waals surface area contributed by atoms with Crippen LogP contribution in [0.3, 0.4) is 0 Å². The smallest absolute Gasteiger partial charge is 0.152 e. The second-order valence-corrected chi connectivity index (χ2v) is 4.30. The number of nitrogens with two attached hydrogens (primary N) is 1. The summed E-state index contributed by atoms with van der Waals surface area (Å²) in [5, 5.41) is 0.370. The SMILES string of the molecule is NNc1cc(C2CC2)nc2c(F)cc(F)cc12. The van der Waals surface area contributed by atoms with Gasteiger partial charge in [0.05, 0.1) is 5.69 Å². The van der Waals surface area contributed by atoms with Crippen LogP contribution in [0.25, 0.3) is 10.9 Å². The van der Waals surface area contributed by atoms with Crippen molar-refractivity contribution in [3.63, 3.8) is 0 Å². The second kappa shape index (κ2) is 3.63. The van der Waals surface area contributed by atoms with Crippen molar-refractivity contribution in [1.29, 1.82) is 0 Å². The first-order chi connectivity index (χ1) is 8.19. The van der Waals surface area contributed by atoms with Crippen LogP contribution in [0.15, 0.2) is 18.2 Å². The van der Waals surface area contributed by atoms with Crippen molar-refractivity contribution in [2.24, 2.45) is 5.84 Å². The van der Waals surface area contributed by atoms with Crippen molar-refractivity contribution in [3.05, 3.63) is 35.5 Å². The molecule has 3 nitrogen and oxygen atoms in total. The lowest BCUT2D eigenvalue weighted by Gasteiger charge is -2.09. The van der Waals surface area contributed by atoms with Crippen LogP contribution >= 0.6 is 0 Å². The molecule has 0 radical (unpaired) electrons. The Morgan fingerprint density at radius 2 is 2.00 bits per heavy atom. The molecule has 0 spiro atoms. The van der Waals surface area contributed by atoms with Crippen LogP contribution in [0.4, 0.5) is 14.5 Å². The number of nitrogens with zero attached hydrogens (tertiary/aromatic N) is 1. The van der Waals surface area contributed by atoms with Gasteiger partial charge in [-0.05, 0) is 25.0 Å². The fourth-order valence-corrected chi connectivity index (χ4v) is 1.98. The van der Waals surface area contributed by atoms with Crippen molar-refractivity contribution < 1.29 is 8.78 Å². The van der Waals surface area contributed by atoms with Crippen LogP contribution in [0.5, 0.6) is 0 Å². The van der Waals surface area contributed by atoms with Gasteiger partial charge in [-0.3, -0.25) is 5.84 Å². The van der Waals surface area contributed by atoms with Crippen molar-refractivity contribution in [1.82, 2.24) is 4.98 Å². The van der Waals surface area contributed by atoms with Gasteiger partial charge in [-0.1, -0.05) is 0 Å². The number of hydrogen-bond acceptors (Lipinski definition) is 3. The van der Waals surface area contributed by atoms with Crippen LogP contribution in [0.2, 0.25) is 0 Å². The van der Waals surface area contributed by atoms with Crippen LogP contribution < -0.4 is 11.3 Å². The van der Waals surface area contributed by atoms with E-state index in [9.17, 15) is 8.78 Å². The van der Waals surface area contributed by atoms with Gasteiger partial charge < -0.3 is 5.43 Å². The monoisotopic (exact) mass is 235 g/mol. The summed E-state index contributed by atoms with van der Waals surface area (Å²) in [7, 11) is 0. The van der Waals surface area contributed by atoms with Gasteiger partial charge in [0.1, 0.15) is 11.3 Å². The quantitative estimate of drug-likeness (QED) is 0.621. The number of anilines is 1. The highest BCUT2D eigenvalue weighted by Gasteiger charge is 2.26. The maximum absolute atomic E-state index is 13.7. The lowest BCUT2D eigenvalue weighted by molar-refractivity contribution is 0.590. The maximum Gasteiger partial charge on any atom is 0.152 e. The number of halogens is 2. The Morgan fingerprint density at radius 3 is 2.65 bits per heavy atom. The molecule has 0 bridgehead atoms. The summed E-state index contributed by atoms with van der Waals surface area (Å²) in [5.41, 5.74) is 3.97. The molecular weight excluding hydrogens is 224 g/mol. The summed E-state index contributed by atoms with van der Waals surface area (Å²) in [4.78, 5) is 4.25. The third kappa shape index (κ3) is 1.72. The molecule has 1 aromatic heterocycles. The molecule has 5 heteroatoms. The molecule has 88 valence electrons. The van der Waals surface area contributed by atoms with E-state index in [1.54, 1.807) is 6.07 Å². The van der Waals surface area contributed by atoms with E-state index in [1.807, 2.05) is 0 Å². The minimum absolute atomic E-state index is 0.170. The Labute approximate surface area is 96.6 Å². The molecule has 1 heterocycles. The molecule has 0 unspecified atom stereocenters. The Morgan fingerprint density at radius 1 is 1.24 bits per heavy atom. The zero-order valence-electron chi connectivity index (χ0n) is 9.00. The Balaban J connectivity index is 2.31. The highest BCUT2D eigenvalue weighted by Crippen LogP contribution is 2.41. The zero-order chi connectivity index (χ0) is 12.0. The minimum Gasteiger partial charge on any atom is -0.323 e. The molecule has 1 aromatic carbocycles. The standard InChI is InChI=1S/C12H11F2N3/c13-7-3-8-11(17-15)5-10(6-1-2-6)16-12(8)9(14)4-7/h3-6H,1-2,15H2,(H,16,17). The first-order valence-electron chi connectivity index (χ1n) is 5.45.